The van der Waals surface area contributed by atoms with Gasteiger partial charge < -0.3 is 9.64 Å². The highest BCUT2D eigenvalue weighted by molar-refractivity contribution is 9.10. The summed E-state index contributed by atoms with van der Waals surface area (Å²) in [6.45, 7) is 2.02. The van der Waals surface area contributed by atoms with Gasteiger partial charge in [-0.2, -0.15) is 0 Å². The molecule has 0 bridgehead atoms. The predicted octanol–water partition coefficient (Wildman–Crippen LogP) is 6.64. The molecule has 3 aromatic rings. The van der Waals surface area contributed by atoms with E-state index in [0.717, 1.165) is 16.3 Å². The number of amides is 1. The van der Waals surface area contributed by atoms with Crippen LogP contribution in [-0.4, -0.2) is 32.5 Å². The van der Waals surface area contributed by atoms with Crippen LogP contribution in [0.4, 0.5) is 0 Å². The molecule has 0 aliphatic heterocycles. The monoisotopic (exact) mass is 599 g/mol. The van der Waals surface area contributed by atoms with Crippen LogP contribution in [0, 0.1) is 6.92 Å². The second-order valence-electron chi connectivity index (χ2n) is 7.32. The van der Waals surface area contributed by atoms with E-state index in [0.29, 0.717) is 32.1 Å². The van der Waals surface area contributed by atoms with Gasteiger partial charge >= 0.3 is 0 Å². The Morgan fingerprint density at radius 3 is 2.47 bits per heavy atom. The van der Waals surface area contributed by atoms with Crippen LogP contribution in [0.1, 0.15) is 21.5 Å². The molecular weight excluding hydrogens is 582 g/mol. The molecule has 0 spiro atoms. The van der Waals surface area contributed by atoms with E-state index in [1.54, 1.807) is 38.2 Å². The summed E-state index contributed by atoms with van der Waals surface area (Å²) in [6.07, 6.45) is 1.11. The molecule has 0 fully saturated rings. The highest BCUT2D eigenvalue weighted by Gasteiger charge is 2.21. The third-order valence-corrected chi connectivity index (χ3v) is 7.43. The summed E-state index contributed by atoms with van der Waals surface area (Å²) < 4.78 is 31.5. The average Bonchev–Trinajstić information content (AvgIpc) is 2.70. The Bertz CT molecular complexity index is 1300. The van der Waals surface area contributed by atoms with E-state index in [1.165, 1.54) is 17.0 Å². The standard InChI is InChI=1S/C23H20Br2ClNO4S/c1-14-20(11-19(12-21(14)25)32(3,29)30)23(28)27(2)13-15-7-8-16(24)9-22(15)31-18-6-4-5-17(26)10-18/h4-12H,13H2,1-3H3. The fourth-order valence-electron chi connectivity index (χ4n) is 3.03. The minimum absolute atomic E-state index is 0.0837. The second-order valence-corrected chi connectivity index (χ2v) is 11.5. The van der Waals surface area contributed by atoms with Crippen molar-refractivity contribution in [2.24, 2.45) is 0 Å². The smallest absolute Gasteiger partial charge is 0.254 e. The normalized spacial score (nSPS) is 11.3. The zero-order valence-electron chi connectivity index (χ0n) is 17.5. The molecule has 0 N–H and O–H groups in total. The molecule has 168 valence electrons. The van der Waals surface area contributed by atoms with Crippen molar-refractivity contribution in [3.63, 3.8) is 0 Å². The molecule has 32 heavy (non-hydrogen) atoms. The first-order chi connectivity index (χ1) is 15.0. The van der Waals surface area contributed by atoms with E-state index < -0.39 is 9.84 Å². The fraction of sp³-hybridized carbons (Fsp3) is 0.174. The van der Waals surface area contributed by atoms with Gasteiger partial charge in [0.15, 0.2) is 9.84 Å². The van der Waals surface area contributed by atoms with Crippen LogP contribution in [0.2, 0.25) is 5.02 Å². The third kappa shape index (κ3) is 5.92. The number of benzene rings is 3. The van der Waals surface area contributed by atoms with E-state index in [4.69, 9.17) is 16.3 Å². The van der Waals surface area contributed by atoms with Crippen LogP contribution in [0.3, 0.4) is 0 Å². The van der Waals surface area contributed by atoms with Crippen LogP contribution < -0.4 is 4.74 Å². The zero-order chi connectivity index (χ0) is 23.6. The number of carbonyl (C=O) groups is 1. The maximum atomic E-state index is 13.2. The first-order valence-electron chi connectivity index (χ1n) is 9.43. The number of hydrogen-bond donors (Lipinski definition) is 0. The van der Waals surface area contributed by atoms with Crippen LogP contribution in [0.15, 0.2) is 68.4 Å². The van der Waals surface area contributed by atoms with Gasteiger partial charge in [-0.05, 0) is 55.0 Å². The van der Waals surface area contributed by atoms with Gasteiger partial charge in [-0.15, -0.1) is 0 Å². The summed E-state index contributed by atoms with van der Waals surface area (Å²) in [6, 6.07) is 15.5. The lowest BCUT2D eigenvalue weighted by Crippen LogP contribution is -2.27. The van der Waals surface area contributed by atoms with Gasteiger partial charge in [-0.3, -0.25) is 4.79 Å². The molecule has 0 saturated carbocycles. The topological polar surface area (TPSA) is 63.7 Å². The van der Waals surface area contributed by atoms with Gasteiger partial charge in [-0.1, -0.05) is 55.6 Å². The number of rotatable bonds is 6. The fourth-order valence-corrected chi connectivity index (χ4v) is 4.83. The highest BCUT2D eigenvalue weighted by atomic mass is 79.9. The van der Waals surface area contributed by atoms with Crippen molar-refractivity contribution < 1.29 is 17.9 Å². The Balaban J connectivity index is 1.92. The van der Waals surface area contributed by atoms with Crippen molar-refractivity contribution >= 4 is 59.2 Å². The summed E-state index contributed by atoms with van der Waals surface area (Å²) >= 11 is 12.9. The SMILES string of the molecule is Cc1c(Br)cc(S(C)(=O)=O)cc1C(=O)N(C)Cc1ccc(Br)cc1Oc1cccc(Cl)c1. The number of hydrogen-bond acceptors (Lipinski definition) is 4. The van der Waals surface area contributed by atoms with E-state index in [2.05, 4.69) is 31.9 Å². The first kappa shape index (κ1) is 24.8. The molecular formula is C23H20Br2ClNO4S. The van der Waals surface area contributed by atoms with Crippen molar-refractivity contribution in [2.45, 2.75) is 18.4 Å². The summed E-state index contributed by atoms with van der Waals surface area (Å²) in [4.78, 5) is 14.8. The summed E-state index contributed by atoms with van der Waals surface area (Å²) in [5.41, 5.74) is 1.76. The van der Waals surface area contributed by atoms with Crippen molar-refractivity contribution in [3.8, 4) is 11.5 Å². The Kier molecular flexibility index (Phi) is 7.70. The molecule has 0 aromatic heterocycles. The molecule has 3 aromatic carbocycles. The quantitative estimate of drug-likeness (QED) is 0.318. The number of ether oxygens (including phenoxy) is 1. The largest absolute Gasteiger partial charge is 0.457 e. The Labute approximate surface area is 209 Å². The molecule has 1 amide bonds. The molecule has 0 unspecified atom stereocenters. The molecule has 0 radical (unpaired) electrons. The Morgan fingerprint density at radius 1 is 1.09 bits per heavy atom. The molecule has 0 aliphatic rings. The van der Waals surface area contributed by atoms with Crippen molar-refractivity contribution in [2.75, 3.05) is 13.3 Å². The minimum Gasteiger partial charge on any atom is -0.457 e. The van der Waals surface area contributed by atoms with Crippen molar-refractivity contribution in [1.82, 2.24) is 4.90 Å². The summed E-state index contributed by atoms with van der Waals surface area (Å²) in [5, 5.41) is 0.554. The van der Waals surface area contributed by atoms with Crippen LogP contribution in [0.25, 0.3) is 0 Å². The van der Waals surface area contributed by atoms with Crippen molar-refractivity contribution in [1.29, 1.82) is 0 Å². The minimum atomic E-state index is -3.47. The van der Waals surface area contributed by atoms with E-state index in [1.807, 2.05) is 18.2 Å². The lowest BCUT2D eigenvalue weighted by atomic mass is 10.1. The zero-order valence-corrected chi connectivity index (χ0v) is 22.3. The lowest BCUT2D eigenvalue weighted by Gasteiger charge is -2.21. The Morgan fingerprint density at radius 2 is 1.81 bits per heavy atom. The average molecular weight is 602 g/mol. The number of nitrogens with zero attached hydrogens (tertiary/aromatic N) is 1. The molecule has 9 heteroatoms. The molecule has 0 heterocycles. The molecule has 0 saturated heterocycles. The maximum Gasteiger partial charge on any atom is 0.254 e. The number of sulfone groups is 1. The molecule has 3 rings (SSSR count). The first-order valence-corrected chi connectivity index (χ1v) is 13.3. The predicted molar refractivity (Wildman–Crippen MR) is 133 cm³/mol. The number of halogens is 3. The molecule has 5 nitrogen and oxygen atoms in total. The van der Waals surface area contributed by atoms with Gasteiger partial charge in [0.05, 0.1) is 4.90 Å². The van der Waals surface area contributed by atoms with Gasteiger partial charge in [0.25, 0.3) is 5.91 Å². The summed E-state index contributed by atoms with van der Waals surface area (Å²) in [7, 11) is -1.81. The highest BCUT2D eigenvalue weighted by Crippen LogP contribution is 2.31. The van der Waals surface area contributed by atoms with Gasteiger partial charge in [0.1, 0.15) is 11.5 Å². The van der Waals surface area contributed by atoms with Crippen LogP contribution >= 0.6 is 43.5 Å². The maximum absolute atomic E-state index is 13.2. The summed E-state index contributed by atoms with van der Waals surface area (Å²) in [5.74, 6) is 0.848. The number of carbonyl (C=O) groups excluding carboxylic acids is 1. The molecule has 0 atom stereocenters. The van der Waals surface area contributed by atoms with Gasteiger partial charge in [0.2, 0.25) is 0 Å². The van der Waals surface area contributed by atoms with Crippen LogP contribution in [0.5, 0.6) is 11.5 Å². The third-order valence-electron chi connectivity index (χ3n) is 4.78. The lowest BCUT2D eigenvalue weighted by molar-refractivity contribution is 0.0783. The second kappa shape index (κ2) is 9.95. The van der Waals surface area contributed by atoms with E-state index >= 15 is 0 Å². The van der Waals surface area contributed by atoms with Gasteiger partial charge in [-0.25, -0.2) is 8.42 Å². The van der Waals surface area contributed by atoms with Crippen molar-refractivity contribution in [3.05, 3.63) is 85.3 Å². The van der Waals surface area contributed by atoms with E-state index in [-0.39, 0.29) is 17.3 Å². The van der Waals surface area contributed by atoms with Crippen LogP contribution in [-0.2, 0) is 16.4 Å². The van der Waals surface area contributed by atoms with E-state index in [9.17, 15) is 13.2 Å². The van der Waals surface area contributed by atoms with Gasteiger partial charge in [0, 0.05) is 44.9 Å². The molecule has 0 aliphatic carbocycles. The Hall–Kier alpha value is -1.87.